The number of rotatable bonds is 7. The Hall–Kier alpha value is -0.830. The molecule has 0 bridgehead atoms. The highest BCUT2D eigenvalue weighted by atomic mass is 15.1. The molecule has 3 nitrogen and oxygen atoms in total. The van der Waals surface area contributed by atoms with Gasteiger partial charge in [0.2, 0.25) is 0 Å². The van der Waals surface area contributed by atoms with E-state index < -0.39 is 0 Å². The van der Waals surface area contributed by atoms with Crippen LogP contribution in [0.15, 0.2) is 12.4 Å². The fourth-order valence-corrected chi connectivity index (χ4v) is 1.82. The summed E-state index contributed by atoms with van der Waals surface area (Å²) in [4.78, 5) is 4.31. The van der Waals surface area contributed by atoms with Gasteiger partial charge in [-0.25, -0.2) is 4.98 Å². The largest absolute Gasteiger partial charge is 0.334 e. The number of nitrogens with zero attached hydrogens (tertiary/aromatic N) is 2. The molecule has 0 aliphatic heterocycles. The first-order chi connectivity index (χ1) is 7.31. The molecule has 1 aromatic heterocycles. The summed E-state index contributed by atoms with van der Waals surface area (Å²) in [6.45, 7) is 8.67. The lowest BCUT2D eigenvalue weighted by Gasteiger charge is -2.15. The summed E-state index contributed by atoms with van der Waals surface area (Å²) in [7, 11) is 0. The molecule has 1 rings (SSSR count). The highest BCUT2D eigenvalue weighted by Gasteiger charge is 2.03. The first-order valence-corrected chi connectivity index (χ1v) is 6.05. The number of aryl methyl sites for hydroxylation is 1. The Morgan fingerprint density at radius 2 is 2.07 bits per heavy atom. The van der Waals surface area contributed by atoms with Crippen LogP contribution in [0.3, 0.4) is 0 Å². The molecule has 0 fully saturated rings. The van der Waals surface area contributed by atoms with Crippen LogP contribution in [0.4, 0.5) is 0 Å². The summed E-state index contributed by atoms with van der Waals surface area (Å²) >= 11 is 0. The van der Waals surface area contributed by atoms with E-state index in [-0.39, 0.29) is 0 Å². The van der Waals surface area contributed by atoms with E-state index in [9.17, 15) is 0 Å². The van der Waals surface area contributed by atoms with Crippen LogP contribution in [0, 0.1) is 0 Å². The van der Waals surface area contributed by atoms with Crippen molar-refractivity contribution in [1.82, 2.24) is 14.9 Å². The summed E-state index contributed by atoms with van der Waals surface area (Å²) < 4.78 is 2.23. The van der Waals surface area contributed by atoms with Crippen molar-refractivity contribution in [3.8, 4) is 0 Å². The van der Waals surface area contributed by atoms with Crippen molar-refractivity contribution >= 4 is 0 Å². The first-order valence-electron chi connectivity index (χ1n) is 6.05. The number of imidazole rings is 1. The average Bonchev–Trinajstić information content (AvgIpc) is 2.72. The highest BCUT2D eigenvalue weighted by molar-refractivity contribution is 4.91. The molecule has 0 saturated heterocycles. The van der Waals surface area contributed by atoms with Crippen molar-refractivity contribution in [3.63, 3.8) is 0 Å². The molecular weight excluding hydrogens is 186 g/mol. The zero-order chi connectivity index (χ0) is 11.1. The molecule has 0 unspecified atom stereocenters. The lowest BCUT2D eigenvalue weighted by Crippen LogP contribution is -2.30. The molecule has 0 aromatic carbocycles. The van der Waals surface area contributed by atoms with Crippen molar-refractivity contribution in [2.75, 3.05) is 6.54 Å². The smallest absolute Gasteiger partial charge is 0.108 e. The van der Waals surface area contributed by atoms with E-state index in [1.807, 2.05) is 6.20 Å². The van der Waals surface area contributed by atoms with Crippen molar-refractivity contribution in [1.29, 1.82) is 0 Å². The Morgan fingerprint density at radius 1 is 1.33 bits per heavy atom. The molecular formula is C12H23N3. The molecule has 0 saturated carbocycles. The van der Waals surface area contributed by atoms with E-state index >= 15 is 0 Å². The molecule has 0 spiro atoms. The van der Waals surface area contributed by atoms with Crippen molar-refractivity contribution in [2.45, 2.75) is 52.6 Å². The third kappa shape index (κ3) is 3.67. The van der Waals surface area contributed by atoms with Crippen LogP contribution in [-0.4, -0.2) is 22.1 Å². The van der Waals surface area contributed by atoms with Gasteiger partial charge in [-0.2, -0.15) is 0 Å². The maximum atomic E-state index is 4.31. The van der Waals surface area contributed by atoms with E-state index in [0.29, 0.717) is 6.04 Å². The monoisotopic (exact) mass is 209 g/mol. The number of nitrogens with one attached hydrogen (secondary N) is 1. The second-order valence-electron chi connectivity index (χ2n) is 3.86. The van der Waals surface area contributed by atoms with E-state index in [1.165, 1.54) is 18.7 Å². The molecule has 0 radical (unpaired) electrons. The van der Waals surface area contributed by atoms with Gasteiger partial charge in [-0.3, -0.25) is 0 Å². The predicted molar refractivity (Wildman–Crippen MR) is 64.0 cm³/mol. The Bertz CT molecular complexity index is 264. The minimum absolute atomic E-state index is 0.665. The van der Waals surface area contributed by atoms with Gasteiger partial charge < -0.3 is 9.88 Å². The van der Waals surface area contributed by atoms with Crippen LogP contribution >= 0.6 is 0 Å². The maximum Gasteiger partial charge on any atom is 0.108 e. The van der Waals surface area contributed by atoms with Crippen molar-refractivity contribution < 1.29 is 0 Å². The SMILES string of the molecule is CCc1nccn1CCNC(CC)CC. The lowest BCUT2D eigenvalue weighted by atomic mass is 10.2. The van der Waals surface area contributed by atoms with E-state index in [1.54, 1.807) is 0 Å². The van der Waals surface area contributed by atoms with Gasteiger partial charge in [0, 0.05) is 37.9 Å². The molecule has 15 heavy (non-hydrogen) atoms. The Morgan fingerprint density at radius 3 is 2.67 bits per heavy atom. The number of hydrogen-bond acceptors (Lipinski definition) is 2. The van der Waals surface area contributed by atoms with Crippen molar-refractivity contribution in [3.05, 3.63) is 18.2 Å². The number of aromatic nitrogens is 2. The standard InChI is InChI=1S/C12H23N3/c1-4-11(5-2)13-7-9-15-10-8-14-12(15)6-3/h8,10-11,13H,4-7,9H2,1-3H3. The summed E-state index contributed by atoms with van der Waals surface area (Å²) in [6.07, 6.45) is 7.38. The zero-order valence-electron chi connectivity index (χ0n) is 10.2. The van der Waals surface area contributed by atoms with E-state index in [0.717, 1.165) is 19.5 Å². The fourth-order valence-electron chi connectivity index (χ4n) is 1.82. The van der Waals surface area contributed by atoms with Crippen LogP contribution in [0.2, 0.25) is 0 Å². The van der Waals surface area contributed by atoms with Gasteiger partial charge in [0.05, 0.1) is 0 Å². The fraction of sp³-hybridized carbons (Fsp3) is 0.750. The van der Waals surface area contributed by atoms with Gasteiger partial charge in [-0.05, 0) is 12.8 Å². The van der Waals surface area contributed by atoms with Crippen molar-refractivity contribution in [2.24, 2.45) is 0 Å². The molecule has 0 aliphatic rings. The predicted octanol–water partition coefficient (Wildman–Crippen LogP) is 2.22. The van der Waals surface area contributed by atoms with Gasteiger partial charge >= 0.3 is 0 Å². The maximum absolute atomic E-state index is 4.31. The Kier molecular flexibility index (Phi) is 5.40. The van der Waals surface area contributed by atoms with Gasteiger partial charge in [0.15, 0.2) is 0 Å². The minimum Gasteiger partial charge on any atom is -0.334 e. The van der Waals surface area contributed by atoms with Crippen LogP contribution in [0.25, 0.3) is 0 Å². The van der Waals surface area contributed by atoms with Gasteiger partial charge in [0.25, 0.3) is 0 Å². The Balaban J connectivity index is 2.31. The molecule has 1 heterocycles. The quantitative estimate of drug-likeness (QED) is 0.746. The van der Waals surface area contributed by atoms with Gasteiger partial charge in [-0.1, -0.05) is 20.8 Å². The summed E-state index contributed by atoms with van der Waals surface area (Å²) in [5, 5.41) is 3.56. The normalized spacial score (nSPS) is 11.2. The van der Waals surface area contributed by atoms with Gasteiger partial charge in [-0.15, -0.1) is 0 Å². The molecule has 1 aromatic rings. The second kappa shape index (κ2) is 6.62. The molecule has 0 atom stereocenters. The third-order valence-electron chi connectivity index (χ3n) is 2.89. The van der Waals surface area contributed by atoms with Crippen LogP contribution in [0.5, 0.6) is 0 Å². The van der Waals surface area contributed by atoms with Crippen LogP contribution < -0.4 is 5.32 Å². The molecule has 1 N–H and O–H groups in total. The van der Waals surface area contributed by atoms with Crippen LogP contribution in [-0.2, 0) is 13.0 Å². The number of hydrogen-bond donors (Lipinski definition) is 1. The summed E-state index contributed by atoms with van der Waals surface area (Å²) in [5.74, 6) is 1.18. The van der Waals surface area contributed by atoms with E-state index in [4.69, 9.17) is 0 Å². The zero-order valence-corrected chi connectivity index (χ0v) is 10.2. The Labute approximate surface area is 92.9 Å². The lowest BCUT2D eigenvalue weighted by molar-refractivity contribution is 0.462. The second-order valence-corrected chi connectivity index (χ2v) is 3.86. The topological polar surface area (TPSA) is 29.9 Å². The van der Waals surface area contributed by atoms with Crippen LogP contribution in [0.1, 0.15) is 39.4 Å². The minimum atomic E-state index is 0.665. The summed E-state index contributed by atoms with van der Waals surface area (Å²) in [5.41, 5.74) is 0. The van der Waals surface area contributed by atoms with Gasteiger partial charge in [0.1, 0.15) is 5.82 Å². The average molecular weight is 209 g/mol. The molecule has 86 valence electrons. The molecule has 0 aliphatic carbocycles. The molecule has 3 heteroatoms. The van der Waals surface area contributed by atoms with E-state index in [2.05, 4.69) is 41.8 Å². The molecule has 0 amide bonds. The summed E-state index contributed by atoms with van der Waals surface area (Å²) in [6, 6.07) is 0.665. The third-order valence-corrected chi connectivity index (χ3v) is 2.89. The first kappa shape index (κ1) is 12.2. The highest BCUT2D eigenvalue weighted by Crippen LogP contribution is 1.99.